The lowest BCUT2D eigenvalue weighted by atomic mass is 10.1. The van der Waals surface area contributed by atoms with Gasteiger partial charge in [0.05, 0.1) is 23.4 Å². The predicted molar refractivity (Wildman–Crippen MR) is 132 cm³/mol. The van der Waals surface area contributed by atoms with Gasteiger partial charge >= 0.3 is 5.97 Å². The van der Waals surface area contributed by atoms with Gasteiger partial charge in [-0.25, -0.2) is 4.79 Å². The largest absolute Gasteiger partial charge is 0.465 e. The number of thiophene rings is 1. The highest BCUT2D eigenvalue weighted by Gasteiger charge is 2.27. The Labute approximate surface area is 205 Å². The van der Waals surface area contributed by atoms with Crippen LogP contribution in [0.5, 0.6) is 0 Å². The van der Waals surface area contributed by atoms with Gasteiger partial charge in [0.15, 0.2) is 11.0 Å². The Hall–Kier alpha value is -2.36. The Balaban J connectivity index is 1.55. The number of esters is 1. The summed E-state index contributed by atoms with van der Waals surface area (Å²) in [4.78, 5) is 25.9. The third-order valence-electron chi connectivity index (χ3n) is 5.83. The molecule has 1 amide bonds. The van der Waals surface area contributed by atoms with Crippen LogP contribution in [0.3, 0.4) is 0 Å². The van der Waals surface area contributed by atoms with Crippen molar-refractivity contribution >= 4 is 51.6 Å². The zero-order valence-electron chi connectivity index (χ0n) is 18.7. The standard InChI is InChI=1S/C23H25ClN4O3S2/c1-13-14(2)33-21(19(13)22(30)31-3)25-18(29)12-32-23-27-26-20(16-10-6-7-11-17(16)24)28(23)15-8-4-5-9-15/h6-7,10-11,15H,4-5,8-9,12H2,1-3H3,(H,25,29). The van der Waals surface area contributed by atoms with Crippen molar-refractivity contribution in [3.8, 4) is 11.4 Å². The molecule has 1 aliphatic rings. The monoisotopic (exact) mass is 504 g/mol. The number of hydrogen-bond donors (Lipinski definition) is 1. The van der Waals surface area contributed by atoms with E-state index in [2.05, 4.69) is 20.1 Å². The highest BCUT2D eigenvalue weighted by Crippen LogP contribution is 2.38. The summed E-state index contributed by atoms with van der Waals surface area (Å²) in [7, 11) is 1.34. The molecule has 1 N–H and O–H groups in total. The van der Waals surface area contributed by atoms with Crippen molar-refractivity contribution in [2.75, 3.05) is 18.2 Å². The zero-order chi connectivity index (χ0) is 23.5. The van der Waals surface area contributed by atoms with Crippen LogP contribution in [0.15, 0.2) is 29.4 Å². The number of rotatable bonds is 7. The second-order valence-corrected chi connectivity index (χ2v) is 10.5. The molecule has 3 aromatic rings. The minimum atomic E-state index is -0.454. The third kappa shape index (κ3) is 4.95. The fourth-order valence-corrected chi connectivity index (χ4v) is 6.14. The first-order valence-corrected chi connectivity index (χ1v) is 12.9. The van der Waals surface area contributed by atoms with Gasteiger partial charge in [-0.05, 0) is 44.4 Å². The molecule has 2 aromatic heterocycles. The SMILES string of the molecule is COC(=O)c1c(NC(=O)CSc2nnc(-c3ccccc3Cl)n2C2CCCC2)sc(C)c1C. The molecule has 1 aliphatic carbocycles. The summed E-state index contributed by atoms with van der Waals surface area (Å²) in [5.74, 6) is 0.203. The maximum Gasteiger partial charge on any atom is 0.341 e. The number of anilines is 1. The summed E-state index contributed by atoms with van der Waals surface area (Å²) in [5.41, 5.74) is 2.07. The lowest BCUT2D eigenvalue weighted by Crippen LogP contribution is -2.17. The topological polar surface area (TPSA) is 86.1 Å². The van der Waals surface area contributed by atoms with Crippen molar-refractivity contribution in [3.05, 3.63) is 45.3 Å². The summed E-state index contributed by atoms with van der Waals surface area (Å²) in [6.07, 6.45) is 4.41. The molecule has 0 bridgehead atoms. The number of ether oxygens (including phenoxy) is 1. The number of methoxy groups -OCH3 is 1. The Morgan fingerprint density at radius 1 is 1.24 bits per heavy atom. The van der Waals surface area contributed by atoms with Crippen molar-refractivity contribution in [2.24, 2.45) is 0 Å². The van der Waals surface area contributed by atoms with Crippen molar-refractivity contribution in [1.82, 2.24) is 14.8 Å². The van der Waals surface area contributed by atoms with E-state index in [0.29, 0.717) is 20.7 Å². The van der Waals surface area contributed by atoms with Crippen LogP contribution < -0.4 is 5.32 Å². The number of carbonyl (C=O) groups excluding carboxylic acids is 2. The summed E-state index contributed by atoms with van der Waals surface area (Å²) in [5, 5.41) is 13.5. The van der Waals surface area contributed by atoms with Gasteiger partial charge in [0.2, 0.25) is 5.91 Å². The molecule has 0 aliphatic heterocycles. The molecule has 1 saturated carbocycles. The number of benzene rings is 1. The van der Waals surface area contributed by atoms with Gasteiger partial charge < -0.3 is 10.1 Å². The summed E-state index contributed by atoms with van der Waals surface area (Å²) >= 11 is 9.15. The van der Waals surface area contributed by atoms with Gasteiger partial charge in [0.25, 0.3) is 0 Å². The molecule has 0 radical (unpaired) electrons. The number of carbonyl (C=O) groups is 2. The number of amides is 1. The molecule has 1 aromatic carbocycles. The van der Waals surface area contributed by atoms with Crippen LogP contribution >= 0.6 is 34.7 Å². The van der Waals surface area contributed by atoms with Gasteiger partial charge in [0.1, 0.15) is 5.00 Å². The molecular weight excluding hydrogens is 480 g/mol. The van der Waals surface area contributed by atoms with Crippen LogP contribution in [-0.2, 0) is 9.53 Å². The van der Waals surface area contributed by atoms with Crippen LogP contribution in [0.4, 0.5) is 5.00 Å². The lowest BCUT2D eigenvalue weighted by molar-refractivity contribution is -0.113. The fourth-order valence-electron chi connectivity index (χ4n) is 4.05. The molecule has 0 spiro atoms. The number of hydrogen-bond acceptors (Lipinski definition) is 7. The number of halogens is 1. The maximum atomic E-state index is 12.8. The Morgan fingerprint density at radius 2 is 1.97 bits per heavy atom. The van der Waals surface area contributed by atoms with E-state index < -0.39 is 5.97 Å². The minimum absolute atomic E-state index is 0.143. The Morgan fingerprint density at radius 3 is 2.67 bits per heavy atom. The zero-order valence-corrected chi connectivity index (χ0v) is 21.1. The van der Waals surface area contributed by atoms with E-state index in [0.717, 1.165) is 47.5 Å². The molecule has 7 nitrogen and oxygen atoms in total. The number of thioether (sulfide) groups is 1. The van der Waals surface area contributed by atoms with E-state index in [-0.39, 0.29) is 17.7 Å². The molecule has 0 unspecified atom stereocenters. The minimum Gasteiger partial charge on any atom is -0.465 e. The third-order valence-corrected chi connectivity index (χ3v) is 8.22. The van der Waals surface area contributed by atoms with Crippen molar-refractivity contribution in [2.45, 2.75) is 50.7 Å². The highest BCUT2D eigenvalue weighted by atomic mass is 35.5. The lowest BCUT2D eigenvalue weighted by Gasteiger charge is -2.17. The smallest absolute Gasteiger partial charge is 0.341 e. The van der Waals surface area contributed by atoms with Crippen LogP contribution in [0.2, 0.25) is 5.02 Å². The van der Waals surface area contributed by atoms with Gasteiger partial charge in [-0.3, -0.25) is 9.36 Å². The van der Waals surface area contributed by atoms with Crippen molar-refractivity contribution in [1.29, 1.82) is 0 Å². The number of aromatic nitrogens is 3. The van der Waals surface area contributed by atoms with Crippen molar-refractivity contribution in [3.63, 3.8) is 0 Å². The van der Waals surface area contributed by atoms with Crippen molar-refractivity contribution < 1.29 is 14.3 Å². The van der Waals surface area contributed by atoms with Gasteiger partial charge in [-0.15, -0.1) is 21.5 Å². The number of nitrogens with zero attached hydrogens (tertiary/aromatic N) is 3. The maximum absolute atomic E-state index is 12.8. The van der Waals surface area contributed by atoms with E-state index in [9.17, 15) is 9.59 Å². The first-order valence-electron chi connectivity index (χ1n) is 10.7. The number of nitrogens with one attached hydrogen (secondary N) is 1. The van der Waals surface area contributed by atoms with Crippen LogP contribution in [0.1, 0.15) is 52.5 Å². The fraction of sp³-hybridized carbons (Fsp3) is 0.391. The molecule has 33 heavy (non-hydrogen) atoms. The molecule has 0 atom stereocenters. The van der Waals surface area contributed by atoms with Crippen LogP contribution in [0.25, 0.3) is 11.4 Å². The molecule has 0 saturated heterocycles. The summed E-state index contributed by atoms with van der Waals surface area (Å²) < 4.78 is 7.02. The number of aryl methyl sites for hydroxylation is 1. The van der Waals surface area contributed by atoms with Gasteiger partial charge in [0, 0.05) is 16.5 Å². The highest BCUT2D eigenvalue weighted by molar-refractivity contribution is 7.99. The van der Waals surface area contributed by atoms with Gasteiger partial charge in [-0.2, -0.15) is 0 Å². The quantitative estimate of drug-likeness (QED) is 0.318. The first-order chi connectivity index (χ1) is 15.9. The second kappa shape index (κ2) is 10.3. The van der Waals surface area contributed by atoms with E-state index in [1.54, 1.807) is 0 Å². The molecule has 174 valence electrons. The Bertz CT molecular complexity index is 1180. The predicted octanol–water partition coefficient (Wildman–Crippen LogP) is 5.91. The average Bonchev–Trinajstić information content (AvgIpc) is 3.52. The average molecular weight is 505 g/mol. The van der Waals surface area contributed by atoms with E-state index in [1.807, 2.05) is 38.1 Å². The van der Waals surface area contributed by atoms with E-state index in [1.165, 1.54) is 30.2 Å². The van der Waals surface area contributed by atoms with Gasteiger partial charge in [-0.1, -0.05) is 48.3 Å². The molecule has 1 fully saturated rings. The Kier molecular flexibility index (Phi) is 7.41. The second-order valence-electron chi connectivity index (χ2n) is 7.91. The summed E-state index contributed by atoms with van der Waals surface area (Å²) in [6.45, 7) is 3.76. The summed E-state index contributed by atoms with van der Waals surface area (Å²) in [6, 6.07) is 7.88. The molecule has 10 heteroatoms. The van der Waals surface area contributed by atoms with Crippen LogP contribution in [0, 0.1) is 13.8 Å². The molecular formula is C23H25ClN4O3S2. The van der Waals surface area contributed by atoms with Crippen LogP contribution in [-0.4, -0.2) is 39.5 Å². The first kappa shape index (κ1) is 23.8. The van der Waals surface area contributed by atoms with E-state index >= 15 is 0 Å². The van der Waals surface area contributed by atoms with E-state index in [4.69, 9.17) is 16.3 Å². The normalized spacial score (nSPS) is 13.9. The molecule has 4 rings (SSSR count). The molecule has 2 heterocycles.